The molecule has 0 aliphatic carbocycles. The Kier molecular flexibility index (Phi) is 3.53. The average Bonchev–Trinajstić information content (AvgIpc) is 3.43. The zero-order valence-corrected chi connectivity index (χ0v) is 15.8. The van der Waals surface area contributed by atoms with Crippen LogP contribution in [0.3, 0.4) is 0 Å². The maximum absolute atomic E-state index is 6.42. The lowest BCUT2D eigenvalue weighted by atomic mass is 9.86. The van der Waals surface area contributed by atoms with Crippen molar-refractivity contribution in [3.05, 3.63) is 46.5 Å². The van der Waals surface area contributed by atoms with Gasteiger partial charge >= 0.3 is 0 Å². The van der Waals surface area contributed by atoms with Crippen molar-refractivity contribution in [1.29, 1.82) is 0 Å². The number of likely N-dealkylation sites (N-methyl/N-ethyl adjacent to an activating group) is 1. The number of nitrogens with zero attached hydrogens (tertiary/aromatic N) is 1. The zero-order valence-electron chi connectivity index (χ0n) is 15.8. The van der Waals surface area contributed by atoms with E-state index in [4.69, 9.17) is 28.4 Å². The highest BCUT2D eigenvalue weighted by Crippen LogP contribution is 2.55. The maximum Gasteiger partial charge on any atom is 0.231 e. The number of fused-ring (bicyclic) bond motifs is 5. The van der Waals surface area contributed by atoms with E-state index in [1.165, 1.54) is 11.1 Å². The highest BCUT2D eigenvalue weighted by molar-refractivity contribution is 5.56. The third-order valence-corrected chi connectivity index (χ3v) is 6.09. The van der Waals surface area contributed by atoms with Crippen molar-refractivity contribution in [3.8, 4) is 23.0 Å². The van der Waals surface area contributed by atoms with E-state index in [0.717, 1.165) is 47.1 Å². The van der Waals surface area contributed by atoms with Crippen molar-refractivity contribution in [3.63, 3.8) is 0 Å². The van der Waals surface area contributed by atoms with E-state index in [2.05, 4.69) is 30.1 Å². The summed E-state index contributed by atoms with van der Waals surface area (Å²) in [5.74, 6) is 3.10. The van der Waals surface area contributed by atoms with Gasteiger partial charge in [-0.3, -0.25) is 4.90 Å². The Morgan fingerprint density at radius 1 is 0.964 bits per heavy atom. The second-order valence-corrected chi connectivity index (χ2v) is 7.51. The third-order valence-electron chi connectivity index (χ3n) is 6.09. The lowest BCUT2D eigenvalue weighted by Gasteiger charge is -2.38. The smallest absolute Gasteiger partial charge is 0.231 e. The predicted molar refractivity (Wildman–Crippen MR) is 97.8 cm³/mol. The number of ether oxygens (including phenoxy) is 6. The summed E-state index contributed by atoms with van der Waals surface area (Å²) in [5.41, 5.74) is 4.50. The molecule has 2 aromatic rings. The summed E-state index contributed by atoms with van der Waals surface area (Å²) < 4.78 is 34.6. The van der Waals surface area contributed by atoms with Crippen molar-refractivity contribution in [2.45, 2.75) is 24.9 Å². The van der Waals surface area contributed by atoms with Crippen LogP contribution in [0.4, 0.5) is 0 Å². The molecule has 4 aliphatic heterocycles. The van der Waals surface area contributed by atoms with Gasteiger partial charge < -0.3 is 28.4 Å². The van der Waals surface area contributed by atoms with Crippen LogP contribution in [-0.4, -0.2) is 39.2 Å². The Balaban J connectivity index is 1.48. The van der Waals surface area contributed by atoms with Crippen molar-refractivity contribution in [2.75, 3.05) is 34.3 Å². The van der Waals surface area contributed by atoms with Gasteiger partial charge in [0.25, 0.3) is 0 Å². The molecule has 0 saturated carbocycles. The monoisotopic (exact) mass is 383 g/mol. The van der Waals surface area contributed by atoms with Crippen LogP contribution in [0.1, 0.15) is 40.7 Å². The van der Waals surface area contributed by atoms with Crippen LogP contribution in [0.2, 0.25) is 0 Å². The van der Waals surface area contributed by atoms with Crippen molar-refractivity contribution < 1.29 is 28.4 Å². The van der Waals surface area contributed by atoms with Crippen LogP contribution in [0, 0.1) is 0 Å². The molecule has 146 valence electrons. The standard InChI is InChI=1S/C21H21NO6/c1-22-6-5-11-7-15-16(26-9-25-15)8-13(11)18(22)19-12-3-4-14-20(27-10-24-14)17(12)21(23-2)28-19/h3-4,7-8,18-19,21H,5-6,9-10H2,1-2H3/t18-,19-,21+/m0/s1. The van der Waals surface area contributed by atoms with Gasteiger partial charge in [0.15, 0.2) is 29.3 Å². The number of hydrogen-bond acceptors (Lipinski definition) is 7. The Morgan fingerprint density at radius 2 is 1.75 bits per heavy atom. The second-order valence-electron chi connectivity index (χ2n) is 7.51. The first-order valence-corrected chi connectivity index (χ1v) is 9.48. The number of benzene rings is 2. The first-order chi connectivity index (χ1) is 13.7. The van der Waals surface area contributed by atoms with E-state index in [1.54, 1.807) is 7.11 Å². The van der Waals surface area contributed by atoms with Crippen LogP contribution < -0.4 is 18.9 Å². The summed E-state index contributed by atoms with van der Waals surface area (Å²) in [7, 11) is 3.79. The molecule has 0 aromatic heterocycles. The van der Waals surface area contributed by atoms with Gasteiger partial charge in [-0.15, -0.1) is 0 Å². The van der Waals surface area contributed by atoms with E-state index in [0.29, 0.717) is 0 Å². The third kappa shape index (κ3) is 2.21. The molecule has 6 rings (SSSR count). The summed E-state index contributed by atoms with van der Waals surface area (Å²) in [5, 5.41) is 0. The molecule has 0 fully saturated rings. The summed E-state index contributed by atoms with van der Waals surface area (Å²) in [6.45, 7) is 1.44. The van der Waals surface area contributed by atoms with Gasteiger partial charge in [-0.25, -0.2) is 0 Å². The first kappa shape index (κ1) is 16.5. The normalized spacial score (nSPS) is 27.0. The lowest BCUT2D eigenvalue weighted by Crippen LogP contribution is -2.35. The minimum absolute atomic E-state index is 0.0394. The highest BCUT2D eigenvalue weighted by atomic mass is 16.7. The molecule has 0 radical (unpaired) electrons. The van der Waals surface area contributed by atoms with Gasteiger partial charge in [0.2, 0.25) is 13.6 Å². The Hall–Kier alpha value is -2.48. The van der Waals surface area contributed by atoms with E-state index < -0.39 is 6.29 Å². The molecule has 0 bridgehead atoms. The summed E-state index contributed by atoms with van der Waals surface area (Å²) in [4.78, 5) is 2.33. The molecule has 28 heavy (non-hydrogen) atoms. The molecule has 7 nitrogen and oxygen atoms in total. The number of rotatable bonds is 2. The molecule has 0 N–H and O–H groups in total. The number of hydrogen-bond donors (Lipinski definition) is 0. The molecule has 2 aromatic carbocycles. The SMILES string of the molecule is CO[C@@H]1O[C@H]([C@@H]2c3cc4c(cc3CCN2C)OCO4)c2ccc3c(c21)OCO3. The molecule has 7 heteroatoms. The highest BCUT2D eigenvalue weighted by Gasteiger charge is 2.45. The quantitative estimate of drug-likeness (QED) is 0.790. The summed E-state index contributed by atoms with van der Waals surface area (Å²) in [6, 6.07) is 8.29. The van der Waals surface area contributed by atoms with E-state index in [1.807, 2.05) is 6.07 Å². The predicted octanol–water partition coefficient (Wildman–Crippen LogP) is 3.09. The molecule has 0 saturated heterocycles. The van der Waals surface area contributed by atoms with Crippen molar-refractivity contribution in [2.24, 2.45) is 0 Å². The lowest BCUT2D eigenvalue weighted by molar-refractivity contribution is -0.160. The van der Waals surface area contributed by atoms with Gasteiger partial charge in [0, 0.05) is 13.7 Å². The zero-order chi connectivity index (χ0) is 18.8. The molecule has 0 unspecified atom stereocenters. The Bertz CT molecular complexity index is 960. The van der Waals surface area contributed by atoms with Crippen LogP contribution in [0.25, 0.3) is 0 Å². The Morgan fingerprint density at radius 3 is 2.61 bits per heavy atom. The van der Waals surface area contributed by atoms with Crippen molar-refractivity contribution >= 4 is 0 Å². The minimum atomic E-state index is -0.482. The topological polar surface area (TPSA) is 58.6 Å². The van der Waals surface area contributed by atoms with Crippen LogP contribution in [0.15, 0.2) is 24.3 Å². The van der Waals surface area contributed by atoms with Crippen LogP contribution >= 0.6 is 0 Å². The summed E-state index contributed by atoms with van der Waals surface area (Å²) >= 11 is 0. The second kappa shape index (κ2) is 6.01. The molecule has 0 spiro atoms. The molecular formula is C21H21NO6. The molecule has 4 heterocycles. The fourth-order valence-electron chi connectivity index (χ4n) is 4.75. The fraction of sp³-hybridized carbons (Fsp3) is 0.429. The van der Waals surface area contributed by atoms with E-state index in [-0.39, 0.29) is 25.7 Å². The molecule has 3 atom stereocenters. The van der Waals surface area contributed by atoms with Crippen LogP contribution in [0.5, 0.6) is 23.0 Å². The molecular weight excluding hydrogens is 362 g/mol. The van der Waals surface area contributed by atoms with Gasteiger partial charge in [0.05, 0.1) is 11.6 Å². The first-order valence-electron chi connectivity index (χ1n) is 9.48. The average molecular weight is 383 g/mol. The van der Waals surface area contributed by atoms with Gasteiger partial charge in [-0.2, -0.15) is 0 Å². The maximum atomic E-state index is 6.42. The number of methoxy groups -OCH3 is 1. The fourth-order valence-corrected chi connectivity index (χ4v) is 4.75. The van der Waals surface area contributed by atoms with Gasteiger partial charge in [-0.1, -0.05) is 6.07 Å². The molecule has 0 amide bonds. The Labute approximate surface area is 162 Å². The van der Waals surface area contributed by atoms with Crippen LogP contribution in [-0.2, 0) is 15.9 Å². The van der Waals surface area contributed by atoms with E-state index in [9.17, 15) is 0 Å². The van der Waals surface area contributed by atoms with Gasteiger partial charge in [0.1, 0.15) is 6.10 Å². The van der Waals surface area contributed by atoms with Crippen molar-refractivity contribution in [1.82, 2.24) is 4.90 Å². The van der Waals surface area contributed by atoms with E-state index >= 15 is 0 Å². The summed E-state index contributed by atoms with van der Waals surface area (Å²) in [6.07, 6.45) is 0.302. The largest absolute Gasteiger partial charge is 0.454 e. The minimum Gasteiger partial charge on any atom is -0.454 e. The van der Waals surface area contributed by atoms with Gasteiger partial charge in [-0.05, 0) is 48.4 Å². The molecule has 4 aliphatic rings.